The van der Waals surface area contributed by atoms with Gasteiger partial charge in [0.25, 0.3) is 0 Å². The minimum absolute atomic E-state index is 0.00247. The molecule has 3 nitrogen and oxygen atoms in total. The molecule has 1 fully saturated rings. The van der Waals surface area contributed by atoms with Gasteiger partial charge in [0.05, 0.1) is 16.8 Å². The summed E-state index contributed by atoms with van der Waals surface area (Å²) in [6, 6.07) is 3.23. The molecular weight excluding hydrogens is 401 g/mol. The fourth-order valence-corrected chi connectivity index (χ4v) is 3.18. The Balaban J connectivity index is 1.81. The molecule has 154 valence electrons. The van der Waals surface area contributed by atoms with E-state index in [9.17, 15) is 22.0 Å². The minimum atomic E-state index is -1.19. The lowest BCUT2D eigenvalue weighted by Gasteiger charge is -2.13. The average molecular weight is 417 g/mol. The van der Waals surface area contributed by atoms with E-state index < -0.39 is 40.3 Å². The standard InChI is InChI=1S/C22H16F5N3/c1-11-19(20-15(24)7-13(8-16(20)25)6-5-12-3-4-12)22(30(2)29-11)28-21-17(26)9-14(23)10-18(21)27/h7-10,12,28H,3-4H2,1-2H3. The van der Waals surface area contributed by atoms with Crippen LogP contribution in [-0.2, 0) is 7.05 Å². The van der Waals surface area contributed by atoms with Gasteiger partial charge < -0.3 is 5.32 Å². The molecule has 2 aromatic carbocycles. The van der Waals surface area contributed by atoms with Crippen LogP contribution in [0.15, 0.2) is 24.3 Å². The summed E-state index contributed by atoms with van der Waals surface area (Å²) >= 11 is 0. The number of rotatable bonds is 3. The molecule has 3 aromatic rings. The van der Waals surface area contributed by atoms with Crippen molar-refractivity contribution in [2.24, 2.45) is 13.0 Å². The summed E-state index contributed by atoms with van der Waals surface area (Å²) in [5, 5.41) is 6.57. The zero-order valence-electron chi connectivity index (χ0n) is 16.1. The van der Waals surface area contributed by atoms with Gasteiger partial charge >= 0.3 is 0 Å². The Kier molecular flexibility index (Phi) is 4.98. The van der Waals surface area contributed by atoms with Crippen LogP contribution < -0.4 is 5.32 Å². The Morgan fingerprint density at radius 2 is 1.53 bits per heavy atom. The van der Waals surface area contributed by atoms with Gasteiger partial charge in [0.2, 0.25) is 0 Å². The predicted octanol–water partition coefficient (Wildman–Crippen LogP) is 5.60. The first kappa shape index (κ1) is 20.0. The SMILES string of the molecule is Cc1nn(C)c(Nc2c(F)cc(F)cc2F)c1-c1c(F)cc(C#CC2CC2)cc1F. The van der Waals surface area contributed by atoms with E-state index in [2.05, 4.69) is 22.3 Å². The minimum Gasteiger partial charge on any atom is -0.335 e. The van der Waals surface area contributed by atoms with E-state index in [1.165, 1.54) is 18.7 Å². The van der Waals surface area contributed by atoms with Crippen LogP contribution in [0.5, 0.6) is 0 Å². The third-order valence-electron chi connectivity index (χ3n) is 4.76. The molecule has 0 spiro atoms. The Bertz CT molecular complexity index is 1170. The Morgan fingerprint density at radius 1 is 0.933 bits per heavy atom. The van der Waals surface area contributed by atoms with Gasteiger partial charge in [-0.05, 0) is 31.9 Å². The molecule has 0 saturated heterocycles. The number of benzene rings is 2. The summed E-state index contributed by atoms with van der Waals surface area (Å²) in [7, 11) is 1.45. The quantitative estimate of drug-likeness (QED) is 0.444. The number of aromatic nitrogens is 2. The zero-order chi connectivity index (χ0) is 21.6. The van der Waals surface area contributed by atoms with Gasteiger partial charge in [0.15, 0.2) is 11.6 Å². The summed E-state index contributed by atoms with van der Waals surface area (Å²) in [5.74, 6) is 0.690. The highest BCUT2D eigenvalue weighted by molar-refractivity contribution is 5.82. The molecule has 1 saturated carbocycles. The van der Waals surface area contributed by atoms with E-state index in [4.69, 9.17) is 0 Å². The molecule has 1 heterocycles. The van der Waals surface area contributed by atoms with Crippen LogP contribution >= 0.6 is 0 Å². The molecule has 0 amide bonds. The molecule has 4 rings (SSSR count). The monoisotopic (exact) mass is 417 g/mol. The predicted molar refractivity (Wildman–Crippen MR) is 102 cm³/mol. The van der Waals surface area contributed by atoms with Crippen molar-refractivity contribution in [3.05, 3.63) is 64.6 Å². The third-order valence-corrected chi connectivity index (χ3v) is 4.76. The lowest BCUT2D eigenvalue weighted by atomic mass is 10.0. The Labute approximate surface area is 169 Å². The van der Waals surface area contributed by atoms with E-state index >= 15 is 0 Å². The van der Waals surface area contributed by atoms with Crippen LogP contribution in [0.4, 0.5) is 33.5 Å². The van der Waals surface area contributed by atoms with Crippen molar-refractivity contribution in [1.29, 1.82) is 0 Å². The fourth-order valence-electron chi connectivity index (χ4n) is 3.18. The van der Waals surface area contributed by atoms with Crippen molar-refractivity contribution in [2.75, 3.05) is 5.32 Å². The summed E-state index contributed by atoms with van der Waals surface area (Å²) in [6.07, 6.45) is 1.97. The Morgan fingerprint density at radius 3 is 2.10 bits per heavy atom. The summed E-state index contributed by atoms with van der Waals surface area (Å²) in [4.78, 5) is 0. The molecule has 0 bridgehead atoms. The average Bonchev–Trinajstić information content (AvgIpc) is 3.43. The first-order chi connectivity index (χ1) is 14.2. The zero-order valence-corrected chi connectivity index (χ0v) is 16.1. The molecule has 0 unspecified atom stereocenters. The van der Waals surface area contributed by atoms with Crippen molar-refractivity contribution in [1.82, 2.24) is 9.78 Å². The van der Waals surface area contributed by atoms with Gasteiger partial charge in [-0.15, -0.1) is 0 Å². The molecular formula is C22H16F5N3. The largest absolute Gasteiger partial charge is 0.335 e. The highest BCUT2D eigenvalue weighted by Gasteiger charge is 2.25. The number of hydrogen-bond donors (Lipinski definition) is 1. The van der Waals surface area contributed by atoms with E-state index in [1.54, 1.807) is 0 Å². The van der Waals surface area contributed by atoms with Crippen LogP contribution in [0.3, 0.4) is 0 Å². The van der Waals surface area contributed by atoms with Gasteiger partial charge in [-0.2, -0.15) is 5.10 Å². The van der Waals surface area contributed by atoms with E-state index in [0.717, 1.165) is 25.0 Å². The van der Waals surface area contributed by atoms with E-state index in [1.807, 2.05) is 0 Å². The maximum atomic E-state index is 14.9. The summed E-state index contributed by atoms with van der Waals surface area (Å²) in [6.45, 7) is 1.51. The summed E-state index contributed by atoms with van der Waals surface area (Å²) < 4.78 is 72.4. The highest BCUT2D eigenvalue weighted by atomic mass is 19.2. The maximum absolute atomic E-state index is 14.9. The van der Waals surface area contributed by atoms with Crippen molar-refractivity contribution in [3.8, 4) is 23.0 Å². The van der Waals surface area contributed by atoms with Crippen LogP contribution in [-0.4, -0.2) is 9.78 Å². The molecule has 0 aliphatic heterocycles. The highest BCUT2D eigenvalue weighted by Crippen LogP contribution is 2.38. The van der Waals surface area contributed by atoms with Gasteiger partial charge in [0, 0.05) is 30.7 Å². The van der Waals surface area contributed by atoms with Crippen LogP contribution in [0.25, 0.3) is 11.1 Å². The second kappa shape index (κ2) is 7.48. The molecule has 0 atom stereocenters. The number of aryl methyl sites for hydroxylation is 2. The van der Waals surface area contributed by atoms with Crippen molar-refractivity contribution in [3.63, 3.8) is 0 Å². The topological polar surface area (TPSA) is 29.9 Å². The van der Waals surface area contributed by atoms with Gasteiger partial charge in [-0.1, -0.05) is 11.8 Å². The number of hydrogen-bond acceptors (Lipinski definition) is 2. The molecule has 8 heteroatoms. The lowest BCUT2D eigenvalue weighted by molar-refractivity contribution is 0.548. The molecule has 1 N–H and O–H groups in total. The van der Waals surface area contributed by atoms with E-state index in [-0.39, 0.29) is 28.6 Å². The lowest BCUT2D eigenvalue weighted by Crippen LogP contribution is -2.05. The van der Waals surface area contributed by atoms with Crippen LogP contribution in [0.2, 0.25) is 0 Å². The molecule has 1 aromatic heterocycles. The van der Waals surface area contributed by atoms with Crippen molar-refractivity contribution >= 4 is 11.5 Å². The van der Waals surface area contributed by atoms with Gasteiger partial charge in [-0.25, -0.2) is 22.0 Å². The number of nitrogens with one attached hydrogen (secondary N) is 1. The molecule has 1 aliphatic rings. The van der Waals surface area contributed by atoms with Crippen molar-refractivity contribution < 1.29 is 22.0 Å². The second-order valence-electron chi connectivity index (χ2n) is 7.16. The van der Waals surface area contributed by atoms with E-state index in [0.29, 0.717) is 12.1 Å². The Hall–Kier alpha value is -3.34. The molecule has 30 heavy (non-hydrogen) atoms. The van der Waals surface area contributed by atoms with Gasteiger partial charge in [0.1, 0.15) is 29.0 Å². The molecule has 0 radical (unpaired) electrons. The van der Waals surface area contributed by atoms with Crippen LogP contribution in [0, 0.1) is 53.8 Å². The molecule has 1 aliphatic carbocycles. The smallest absolute Gasteiger partial charge is 0.152 e. The first-order valence-corrected chi connectivity index (χ1v) is 9.20. The normalized spacial score (nSPS) is 13.2. The third kappa shape index (κ3) is 3.75. The van der Waals surface area contributed by atoms with Crippen molar-refractivity contribution in [2.45, 2.75) is 19.8 Å². The van der Waals surface area contributed by atoms with Gasteiger partial charge in [-0.3, -0.25) is 4.68 Å². The van der Waals surface area contributed by atoms with Crippen LogP contribution in [0.1, 0.15) is 24.1 Å². The second-order valence-corrected chi connectivity index (χ2v) is 7.16. The number of anilines is 2. The maximum Gasteiger partial charge on any atom is 0.152 e. The fraction of sp³-hybridized carbons (Fsp3) is 0.227. The number of nitrogens with zero attached hydrogens (tertiary/aromatic N) is 2. The first-order valence-electron chi connectivity index (χ1n) is 9.20. The summed E-state index contributed by atoms with van der Waals surface area (Å²) in [5.41, 5.74) is -0.626. The number of halogens is 5.